The molecule has 10 heteroatoms. The largest absolute Gasteiger partial charge is 0.486 e. The monoisotopic (exact) mass is 768 g/mol. The molecule has 1 aliphatic heterocycles. The Morgan fingerprint density at radius 3 is 2.50 bits per heavy atom. The second kappa shape index (κ2) is 12.1. The van der Waals surface area contributed by atoms with E-state index in [0.717, 1.165) is 46.4 Å². The van der Waals surface area contributed by atoms with Crippen LogP contribution >= 0.6 is 66.4 Å². The van der Waals surface area contributed by atoms with Crippen LogP contribution in [0.1, 0.15) is 40.3 Å². The molecule has 7 rings (SSSR count). The molecule has 1 aliphatic carbocycles. The van der Waals surface area contributed by atoms with Crippen LogP contribution in [-0.4, -0.2) is 4.57 Å². The highest BCUT2D eigenvalue weighted by molar-refractivity contribution is 9.11. The maximum Gasteiger partial charge on any atom is 0.271 e. The van der Waals surface area contributed by atoms with E-state index >= 15 is 0 Å². The lowest BCUT2D eigenvalue weighted by molar-refractivity contribution is 0.302. The fraction of sp³-hybridized carbons (Fsp3) is 0.118. The van der Waals surface area contributed by atoms with E-state index in [9.17, 15) is 9.18 Å². The molecule has 4 nitrogen and oxygen atoms in total. The summed E-state index contributed by atoms with van der Waals surface area (Å²) in [6.07, 6.45) is 3.48. The van der Waals surface area contributed by atoms with Crippen LogP contribution in [0.15, 0.2) is 103 Å². The van der Waals surface area contributed by atoms with E-state index in [1.54, 1.807) is 28.8 Å². The van der Waals surface area contributed by atoms with Gasteiger partial charge >= 0.3 is 0 Å². The molecule has 1 aromatic heterocycles. The Hall–Kier alpha value is -3.01. The molecule has 0 N–H and O–H groups in total. The van der Waals surface area contributed by atoms with Gasteiger partial charge in [-0.05, 0) is 109 Å². The molecule has 5 aromatic rings. The molecular weight excluding hydrogens is 750 g/mol. The zero-order valence-electron chi connectivity index (χ0n) is 22.8. The van der Waals surface area contributed by atoms with E-state index < -0.39 is 0 Å². The molecule has 0 saturated carbocycles. The number of halogens is 5. The molecular formula is C34H21Br2Cl2FN2O2S. The number of nitrogens with zero attached hydrogens (tertiary/aromatic N) is 2. The minimum atomic E-state index is -0.369. The van der Waals surface area contributed by atoms with Crippen LogP contribution in [0.4, 0.5) is 4.39 Å². The maximum atomic E-state index is 14.1. The zero-order valence-corrected chi connectivity index (χ0v) is 28.3. The molecule has 0 saturated heterocycles. The summed E-state index contributed by atoms with van der Waals surface area (Å²) in [5.41, 5.74) is 6.62. The molecule has 44 heavy (non-hydrogen) atoms. The van der Waals surface area contributed by atoms with Crippen LogP contribution < -0.4 is 19.6 Å². The van der Waals surface area contributed by atoms with Gasteiger partial charge in [0.05, 0.1) is 25.2 Å². The Morgan fingerprint density at radius 1 is 1.00 bits per heavy atom. The quantitative estimate of drug-likeness (QED) is 0.179. The first-order chi connectivity index (χ1) is 21.3. The maximum absolute atomic E-state index is 14.1. The first kappa shape index (κ1) is 29.7. The van der Waals surface area contributed by atoms with E-state index in [1.807, 2.05) is 36.4 Å². The van der Waals surface area contributed by atoms with Crippen molar-refractivity contribution < 1.29 is 9.13 Å². The Balaban J connectivity index is 1.30. The van der Waals surface area contributed by atoms with Gasteiger partial charge in [-0.15, -0.1) is 0 Å². The number of hydrogen-bond donors (Lipinski definition) is 0. The summed E-state index contributed by atoms with van der Waals surface area (Å²) in [7, 11) is 0. The van der Waals surface area contributed by atoms with Gasteiger partial charge in [0.2, 0.25) is 0 Å². The van der Waals surface area contributed by atoms with Crippen LogP contribution in [0.3, 0.4) is 0 Å². The Morgan fingerprint density at radius 2 is 1.75 bits per heavy atom. The number of allylic oxidation sites excluding steroid dienone is 1. The van der Waals surface area contributed by atoms with Crippen molar-refractivity contribution >= 4 is 78.2 Å². The van der Waals surface area contributed by atoms with Crippen LogP contribution in [0.5, 0.6) is 5.75 Å². The van der Waals surface area contributed by atoms with Gasteiger partial charge in [-0.25, -0.2) is 9.38 Å². The SMILES string of the molecule is O=c1/c(=C\c2cc(Br)c(OCc3ccc(Cl)cc3Cl)c(Br)c2)sc2n1[C@H](c1ccc(F)cc1)C1=C(N=2)c2ccccc2CC1. The number of benzene rings is 4. The van der Waals surface area contributed by atoms with Gasteiger partial charge in [0, 0.05) is 21.2 Å². The molecule has 2 heterocycles. The third-order valence-corrected chi connectivity index (χ3v) is 10.5. The average molecular weight is 771 g/mol. The molecule has 0 fully saturated rings. The normalized spacial score (nSPS) is 15.8. The van der Waals surface area contributed by atoms with Crippen LogP contribution in [0, 0.1) is 5.82 Å². The molecule has 0 amide bonds. The number of hydrogen-bond acceptors (Lipinski definition) is 4. The molecule has 0 unspecified atom stereocenters. The minimum Gasteiger partial charge on any atom is -0.486 e. The van der Waals surface area contributed by atoms with Crippen molar-refractivity contribution in [2.75, 3.05) is 0 Å². The van der Waals surface area contributed by atoms with Crippen LogP contribution in [0.25, 0.3) is 11.8 Å². The summed E-state index contributed by atoms with van der Waals surface area (Å²) in [6.45, 7) is 0.252. The van der Waals surface area contributed by atoms with Crippen molar-refractivity contribution in [1.29, 1.82) is 0 Å². The summed E-state index contributed by atoms with van der Waals surface area (Å²) >= 11 is 20.9. The highest BCUT2D eigenvalue weighted by Crippen LogP contribution is 2.41. The van der Waals surface area contributed by atoms with E-state index in [0.29, 0.717) is 34.1 Å². The Labute approximate surface area is 283 Å². The average Bonchev–Trinajstić information content (AvgIpc) is 3.31. The van der Waals surface area contributed by atoms with Gasteiger partial charge in [0.15, 0.2) is 4.80 Å². The highest BCUT2D eigenvalue weighted by atomic mass is 79.9. The summed E-state index contributed by atoms with van der Waals surface area (Å²) in [5, 5.41) is 1.09. The summed E-state index contributed by atoms with van der Waals surface area (Å²) in [6, 6.07) is 23.4. The molecule has 2 aliphatic rings. The first-order valence-corrected chi connectivity index (χ1v) is 16.9. The molecule has 0 radical (unpaired) electrons. The smallest absolute Gasteiger partial charge is 0.271 e. The van der Waals surface area contributed by atoms with Gasteiger partial charge in [0.1, 0.15) is 18.2 Å². The Bertz CT molecular complexity index is 2150. The van der Waals surface area contributed by atoms with E-state index in [2.05, 4.69) is 44.0 Å². The van der Waals surface area contributed by atoms with E-state index in [-0.39, 0.29) is 24.0 Å². The standard InChI is InChI=1S/C34H21Br2Cl2FN2O2S/c35-26-13-18(14-27(36)32(26)43-17-21-5-9-22(37)16-28(21)38)15-29-33(42)41-31(20-6-10-23(39)11-7-20)25-12-8-19-3-1-2-4-24(19)30(25)40-34(41)44-29/h1-7,9-11,13-16,31H,8,12,17H2/b29-15+/t31-/m1/s1. The van der Waals surface area contributed by atoms with E-state index in [1.165, 1.54) is 29.0 Å². The summed E-state index contributed by atoms with van der Waals surface area (Å²) in [4.78, 5) is 19.7. The Kier molecular flexibility index (Phi) is 8.14. The van der Waals surface area contributed by atoms with E-state index in [4.69, 9.17) is 32.9 Å². The number of thiazole rings is 1. The number of aryl methyl sites for hydroxylation is 1. The fourth-order valence-electron chi connectivity index (χ4n) is 5.71. The van der Waals surface area contributed by atoms with Gasteiger partial charge in [-0.1, -0.05) is 77.0 Å². The van der Waals surface area contributed by atoms with Crippen LogP contribution in [-0.2, 0) is 13.0 Å². The van der Waals surface area contributed by atoms with Gasteiger partial charge in [-0.2, -0.15) is 0 Å². The first-order valence-electron chi connectivity index (χ1n) is 13.7. The molecule has 1 atom stereocenters. The predicted octanol–water partition coefficient (Wildman–Crippen LogP) is 8.87. The highest BCUT2D eigenvalue weighted by Gasteiger charge is 2.32. The second-order valence-electron chi connectivity index (χ2n) is 10.5. The lowest BCUT2D eigenvalue weighted by Crippen LogP contribution is -2.38. The van der Waals surface area contributed by atoms with Gasteiger partial charge in [-0.3, -0.25) is 9.36 Å². The molecule has 0 spiro atoms. The van der Waals surface area contributed by atoms with Crippen LogP contribution in [0.2, 0.25) is 10.0 Å². The molecule has 4 aromatic carbocycles. The lowest BCUT2D eigenvalue weighted by atomic mass is 9.83. The van der Waals surface area contributed by atoms with Crippen molar-refractivity contribution in [3.8, 4) is 5.75 Å². The fourth-order valence-corrected chi connectivity index (χ4v) is 8.62. The number of fused-ring (bicyclic) bond motifs is 3. The van der Waals surface area contributed by atoms with Gasteiger partial charge < -0.3 is 4.74 Å². The van der Waals surface area contributed by atoms with Crippen molar-refractivity contribution in [1.82, 2.24) is 4.57 Å². The van der Waals surface area contributed by atoms with Crippen molar-refractivity contribution in [3.63, 3.8) is 0 Å². The topological polar surface area (TPSA) is 43.6 Å². The summed E-state index contributed by atoms with van der Waals surface area (Å²) in [5.74, 6) is 0.293. The number of aromatic nitrogens is 1. The zero-order chi connectivity index (χ0) is 30.5. The lowest BCUT2D eigenvalue weighted by Gasteiger charge is -2.30. The van der Waals surface area contributed by atoms with Crippen molar-refractivity contribution in [3.05, 3.63) is 157 Å². The molecule has 0 bridgehead atoms. The summed E-state index contributed by atoms with van der Waals surface area (Å²) < 4.78 is 23.7. The van der Waals surface area contributed by atoms with Gasteiger partial charge in [0.25, 0.3) is 5.56 Å². The number of rotatable bonds is 5. The van der Waals surface area contributed by atoms with Crippen molar-refractivity contribution in [2.45, 2.75) is 25.5 Å². The number of ether oxygens (including phenoxy) is 1. The minimum absolute atomic E-state index is 0.140. The van der Waals surface area contributed by atoms with Crippen molar-refractivity contribution in [2.24, 2.45) is 4.99 Å². The third-order valence-electron chi connectivity index (χ3n) is 7.76. The molecule has 220 valence electrons. The third kappa shape index (κ3) is 5.52. The second-order valence-corrected chi connectivity index (χ2v) is 14.1. The predicted molar refractivity (Wildman–Crippen MR) is 182 cm³/mol.